The summed E-state index contributed by atoms with van der Waals surface area (Å²) in [6.07, 6.45) is 1.25. The average Bonchev–Trinajstić information content (AvgIpc) is 2.94. The number of hydrogen-bond acceptors (Lipinski definition) is 5. The molecule has 2 aliphatic rings. The average molecular weight is 529 g/mol. The topological polar surface area (TPSA) is 110 Å². The summed E-state index contributed by atoms with van der Waals surface area (Å²) < 4.78 is 6.84. The molecular formula is C30H32N4O5. The molecule has 9 heteroatoms. The van der Waals surface area contributed by atoms with Crippen LogP contribution in [0.5, 0.6) is 0 Å². The van der Waals surface area contributed by atoms with E-state index in [1.54, 1.807) is 48.2 Å². The summed E-state index contributed by atoms with van der Waals surface area (Å²) in [5.74, 6) is -0.522. The Morgan fingerprint density at radius 1 is 0.949 bits per heavy atom. The van der Waals surface area contributed by atoms with Crippen LogP contribution in [0.3, 0.4) is 0 Å². The molecule has 0 aliphatic carbocycles. The standard InChI is InChI=1S/C30H32N4O5/c1-2-39-29(37)22-11-13-24(14-12-22)31-28(36)25(16-20-7-4-3-5-8-20)32-30(38)33-17-21-15-23(19-33)26-9-6-10-27(35)34(26)18-21/h3-14,21,23,25H,2,15-19H2,1H3,(H,31,36)(H,32,38). The molecule has 3 unspecified atom stereocenters. The van der Waals surface area contributed by atoms with Crippen molar-refractivity contribution in [2.24, 2.45) is 5.92 Å². The Labute approximate surface area is 226 Å². The molecule has 0 spiro atoms. The van der Waals surface area contributed by atoms with Gasteiger partial charge in [0, 0.05) is 49.4 Å². The number of amides is 3. The Morgan fingerprint density at radius 2 is 1.72 bits per heavy atom. The number of rotatable bonds is 7. The van der Waals surface area contributed by atoms with Gasteiger partial charge in [0.15, 0.2) is 0 Å². The number of aromatic nitrogens is 1. The van der Waals surface area contributed by atoms with E-state index in [0.717, 1.165) is 17.7 Å². The number of pyridine rings is 1. The van der Waals surface area contributed by atoms with E-state index < -0.39 is 12.0 Å². The zero-order valence-corrected chi connectivity index (χ0v) is 21.8. The number of urea groups is 1. The number of hydrogen-bond donors (Lipinski definition) is 2. The zero-order valence-electron chi connectivity index (χ0n) is 21.8. The van der Waals surface area contributed by atoms with E-state index in [9.17, 15) is 19.2 Å². The molecule has 2 aliphatic heterocycles. The van der Waals surface area contributed by atoms with Gasteiger partial charge in [0.05, 0.1) is 12.2 Å². The highest BCUT2D eigenvalue weighted by Gasteiger charge is 2.37. The highest BCUT2D eigenvalue weighted by molar-refractivity contribution is 5.98. The van der Waals surface area contributed by atoms with E-state index in [-0.39, 0.29) is 35.9 Å². The lowest BCUT2D eigenvalue weighted by Crippen LogP contribution is -2.55. The van der Waals surface area contributed by atoms with E-state index in [2.05, 4.69) is 10.6 Å². The van der Waals surface area contributed by atoms with Crippen LogP contribution in [0.1, 0.15) is 40.9 Å². The fourth-order valence-electron chi connectivity index (χ4n) is 5.50. The molecule has 1 saturated heterocycles. The van der Waals surface area contributed by atoms with Crippen molar-refractivity contribution >= 4 is 23.6 Å². The Balaban J connectivity index is 1.29. The number of esters is 1. The van der Waals surface area contributed by atoms with Crippen molar-refractivity contribution in [2.75, 3.05) is 25.0 Å². The first-order valence-corrected chi connectivity index (χ1v) is 13.3. The minimum absolute atomic E-state index is 0.00464. The Hall–Kier alpha value is -4.40. The van der Waals surface area contributed by atoms with Crippen LogP contribution in [0, 0.1) is 5.92 Å². The second kappa shape index (κ2) is 11.6. The van der Waals surface area contributed by atoms with Gasteiger partial charge in [0.2, 0.25) is 5.91 Å². The van der Waals surface area contributed by atoms with Gasteiger partial charge in [-0.25, -0.2) is 9.59 Å². The smallest absolute Gasteiger partial charge is 0.338 e. The van der Waals surface area contributed by atoms with Crippen molar-refractivity contribution < 1.29 is 19.1 Å². The molecule has 2 N–H and O–H groups in total. The fourth-order valence-corrected chi connectivity index (χ4v) is 5.50. The number of ether oxygens (including phenoxy) is 1. The lowest BCUT2D eigenvalue weighted by Gasteiger charge is -2.43. The van der Waals surface area contributed by atoms with Crippen molar-refractivity contribution in [1.82, 2.24) is 14.8 Å². The summed E-state index contributed by atoms with van der Waals surface area (Å²) in [5, 5.41) is 5.82. The number of likely N-dealkylation sites (tertiary alicyclic amines) is 1. The first-order chi connectivity index (χ1) is 18.9. The van der Waals surface area contributed by atoms with Gasteiger partial charge in [0.25, 0.3) is 5.56 Å². The predicted octanol–water partition coefficient (Wildman–Crippen LogP) is 3.40. The summed E-state index contributed by atoms with van der Waals surface area (Å²) in [6, 6.07) is 20.2. The number of nitrogens with one attached hydrogen (secondary N) is 2. The predicted molar refractivity (Wildman–Crippen MR) is 147 cm³/mol. The maximum absolute atomic E-state index is 13.5. The Kier molecular flexibility index (Phi) is 7.76. The Morgan fingerprint density at radius 3 is 2.46 bits per heavy atom. The third-order valence-corrected chi connectivity index (χ3v) is 7.33. The van der Waals surface area contributed by atoms with E-state index >= 15 is 0 Å². The number of carbonyl (C=O) groups is 3. The number of nitrogens with zero attached hydrogens (tertiary/aromatic N) is 2. The normalized spacial score (nSPS) is 18.4. The third kappa shape index (κ3) is 6.03. The van der Waals surface area contributed by atoms with E-state index in [1.807, 2.05) is 41.0 Å². The number of anilines is 1. The highest BCUT2D eigenvalue weighted by atomic mass is 16.5. The van der Waals surface area contributed by atoms with Gasteiger partial charge in [-0.05, 0) is 55.2 Å². The van der Waals surface area contributed by atoms with Crippen LogP contribution < -0.4 is 16.2 Å². The molecule has 202 valence electrons. The van der Waals surface area contributed by atoms with Crippen LogP contribution in [0.2, 0.25) is 0 Å². The van der Waals surface area contributed by atoms with Gasteiger partial charge in [-0.2, -0.15) is 0 Å². The van der Waals surface area contributed by atoms with Crippen molar-refractivity contribution in [3.63, 3.8) is 0 Å². The lowest BCUT2D eigenvalue weighted by atomic mass is 9.83. The van der Waals surface area contributed by atoms with Crippen LogP contribution in [-0.2, 0) is 22.5 Å². The minimum Gasteiger partial charge on any atom is -0.462 e. The van der Waals surface area contributed by atoms with E-state index in [1.165, 1.54) is 0 Å². The van der Waals surface area contributed by atoms with Gasteiger partial charge in [0.1, 0.15) is 6.04 Å². The molecule has 3 heterocycles. The lowest BCUT2D eigenvalue weighted by molar-refractivity contribution is -0.118. The summed E-state index contributed by atoms with van der Waals surface area (Å²) in [7, 11) is 0. The quantitative estimate of drug-likeness (QED) is 0.457. The first-order valence-electron chi connectivity index (χ1n) is 13.3. The number of benzene rings is 2. The van der Waals surface area contributed by atoms with Crippen molar-refractivity contribution in [3.05, 3.63) is 100.0 Å². The van der Waals surface area contributed by atoms with Crippen LogP contribution in [0.25, 0.3) is 0 Å². The highest BCUT2D eigenvalue weighted by Crippen LogP contribution is 2.34. The molecule has 2 bridgehead atoms. The molecule has 1 aromatic heterocycles. The fraction of sp³-hybridized carbons (Fsp3) is 0.333. The number of fused-ring (bicyclic) bond motifs is 4. The summed E-state index contributed by atoms with van der Waals surface area (Å²) in [4.78, 5) is 52.9. The molecule has 9 nitrogen and oxygen atoms in total. The maximum atomic E-state index is 13.5. The van der Waals surface area contributed by atoms with Gasteiger partial charge in [-0.1, -0.05) is 36.4 Å². The van der Waals surface area contributed by atoms with Crippen LogP contribution >= 0.6 is 0 Å². The van der Waals surface area contributed by atoms with Crippen LogP contribution in [-0.4, -0.2) is 53.1 Å². The molecule has 3 aromatic rings. The number of carbonyl (C=O) groups excluding carboxylic acids is 3. The molecule has 1 fully saturated rings. The Bertz CT molecular complexity index is 1400. The van der Waals surface area contributed by atoms with Crippen molar-refractivity contribution in [3.8, 4) is 0 Å². The maximum Gasteiger partial charge on any atom is 0.338 e. The summed E-state index contributed by atoms with van der Waals surface area (Å²) in [5.41, 5.74) is 2.77. The number of piperidine rings is 1. The summed E-state index contributed by atoms with van der Waals surface area (Å²) in [6.45, 7) is 3.62. The molecule has 3 atom stereocenters. The van der Waals surface area contributed by atoms with Crippen LogP contribution in [0.4, 0.5) is 10.5 Å². The second-order valence-electron chi connectivity index (χ2n) is 10.1. The molecule has 0 saturated carbocycles. The zero-order chi connectivity index (χ0) is 27.4. The SMILES string of the molecule is CCOC(=O)c1ccc(NC(=O)C(Cc2ccccc2)NC(=O)N2CC3CC(C2)c2cccc(=O)n2C3)cc1. The van der Waals surface area contributed by atoms with Crippen molar-refractivity contribution in [2.45, 2.75) is 38.3 Å². The molecule has 2 aromatic carbocycles. The van der Waals surface area contributed by atoms with Gasteiger partial charge in [-0.3, -0.25) is 9.59 Å². The molecule has 3 amide bonds. The van der Waals surface area contributed by atoms with E-state index in [0.29, 0.717) is 37.3 Å². The minimum atomic E-state index is -0.818. The first kappa shape index (κ1) is 26.2. The molecule has 5 rings (SSSR count). The summed E-state index contributed by atoms with van der Waals surface area (Å²) >= 11 is 0. The molecule has 39 heavy (non-hydrogen) atoms. The third-order valence-electron chi connectivity index (χ3n) is 7.33. The second-order valence-corrected chi connectivity index (χ2v) is 10.1. The van der Waals surface area contributed by atoms with Crippen molar-refractivity contribution in [1.29, 1.82) is 0 Å². The van der Waals surface area contributed by atoms with E-state index in [4.69, 9.17) is 4.74 Å². The molecular weight excluding hydrogens is 496 g/mol. The monoisotopic (exact) mass is 528 g/mol. The van der Waals surface area contributed by atoms with Crippen LogP contribution in [0.15, 0.2) is 77.6 Å². The molecule has 0 radical (unpaired) electrons. The largest absolute Gasteiger partial charge is 0.462 e. The van der Waals surface area contributed by atoms with Gasteiger partial charge >= 0.3 is 12.0 Å². The van der Waals surface area contributed by atoms with Gasteiger partial charge < -0.3 is 24.8 Å². The van der Waals surface area contributed by atoms with Gasteiger partial charge in [-0.15, -0.1) is 0 Å².